The highest BCUT2D eigenvalue weighted by Crippen LogP contribution is 2.31. The summed E-state index contributed by atoms with van der Waals surface area (Å²) in [5.41, 5.74) is 1.15. The van der Waals surface area contributed by atoms with Gasteiger partial charge in [0.15, 0.2) is 0 Å². The van der Waals surface area contributed by atoms with Crippen LogP contribution in [-0.2, 0) is 4.79 Å². The van der Waals surface area contributed by atoms with Crippen molar-refractivity contribution in [1.82, 2.24) is 0 Å². The first-order chi connectivity index (χ1) is 11.3. The van der Waals surface area contributed by atoms with Gasteiger partial charge in [-0.25, -0.2) is 9.18 Å². The second kappa shape index (κ2) is 7.31. The molecule has 0 aliphatic carbocycles. The van der Waals surface area contributed by atoms with Crippen LogP contribution < -0.4 is 0 Å². The van der Waals surface area contributed by atoms with Crippen LogP contribution in [0.1, 0.15) is 29.8 Å². The molecular formula is C18H15FO4S. The van der Waals surface area contributed by atoms with Gasteiger partial charge in [0, 0.05) is 16.0 Å². The van der Waals surface area contributed by atoms with Crippen molar-refractivity contribution in [2.45, 2.75) is 18.7 Å². The van der Waals surface area contributed by atoms with Gasteiger partial charge >= 0.3 is 5.97 Å². The fourth-order valence-electron chi connectivity index (χ4n) is 2.06. The van der Waals surface area contributed by atoms with Gasteiger partial charge in [-0.05, 0) is 55.4 Å². The number of para-hydroxylation sites is 1. The molecule has 0 bridgehead atoms. The van der Waals surface area contributed by atoms with Gasteiger partial charge in [-0.15, -0.1) is 0 Å². The van der Waals surface area contributed by atoms with E-state index in [4.69, 9.17) is 5.11 Å². The minimum atomic E-state index is -1.36. The molecule has 0 fully saturated rings. The number of aromatic carboxylic acids is 1. The van der Waals surface area contributed by atoms with Gasteiger partial charge in [-0.2, -0.15) is 0 Å². The number of carboxylic acid groups (broad SMARTS) is 1. The maximum absolute atomic E-state index is 13.7. The minimum Gasteiger partial charge on any atom is -0.507 e. The molecule has 2 rings (SSSR count). The molecule has 2 N–H and O–H groups in total. The molecule has 0 aromatic heterocycles. The maximum Gasteiger partial charge on any atom is 0.338 e. The van der Waals surface area contributed by atoms with Gasteiger partial charge in [0.25, 0.3) is 0 Å². The van der Waals surface area contributed by atoms with Gasteiger partial charge in [-0.1, -0.05) is 18.2 Å². The van der Waals surface area contributed by atoms with Gasteiger partial charge < -0.3 is 10.2 Å². The molecule has 0 saturated carbocycles. The molecule has 0 radical (unpaired) electrons. The second-order valence-electron chi connectivity index (χ2n) is 5.10. The Hall–Kier alpha value is -2.60. The van der Waals surface area contributed by atoms with E-state index in [2.05, 4.69) is 0 Å². The lowest BCUT2D eigenvalue weighted by atomic mass is 10.0. The SMILES string of the molecule is C/C(C(=O)Sc1ccc(C(=O)O)c(F)c1)=C(/C)c1ccccc1O. The molecule has 0 aliphatic rings. The number of carbonyl (C=O) groups excluding carboxylic acids is 1. The number of hydrogen-bond donors (Lipinski definition) is 2. The average Bonchev–Trinajstić information content (AvgIpc) is 2.53. The number of rotatable bonds is 4. The molecule has 6 heteroatoms. The van der Waals surface area contributed by atoms with E-state index >= 15 is 0 Å². The Bertz CT molecular complexity index is 843. The monoisotopic (exact) mass is 346 g/mol. The zero-order valence-corrected chi connectivity index (χ0v) is 13.9. The largest absolute Gasteiger partial charge is 0.507 e. The molecular weight excluding hydrogens is 331 g/mol. The van der Waals surface area contributed by atoms with E-state index in [1.54, 1.807) is 32.0 Å². The zero-order valence-electron chi connectivity index (χ0n) is 13.0. The number of allylic oxidation sites excluding steroid dienone is 1. The van der Waals surface area contributed by atoms with Crippen molar-refractivity contribution in [2.75, 3.05) is 0 Å². The minimum absolute atomic E-state index is 0.0732. The summed E-state index contributed by atoms with van der Waals surface area (Å²) in [6, 6.07) is 10.2. The predicted octanol–water partition coefficient (Wildman–Crippen LogP) is 4.34. The molecule has 0 saturated heterocycles. The van der Waals surface area contributed by atoms with Crippen molar-refractivity contribution in [1.29, 1.82) is 0 Å². The van der Waals surface area contributed by atoms with Crippen LogP contribution in [0.25, 0.3) is 5.57 Å². The highest BCUT2D eigenvalue weighted by molar-refractivity contribution is 8.14. The predicted molar refractivity (Wildman–Crippen MR) is 90.6 cm³/mol. The topological polar surface area (TPSA) is 74.6 Å². The average molecular weight is 346 g/mol. The van der Waals surface area contributed by atoms with Crippen LogP contribution >= 0.6 is 11.8 Å². The van der Waals surface area contributed by atoms with E-state index in [1.807, 2.05) is 0 Å². The highest BCUT2D eigenvalue weighted by atomic mass is 32.2. The highest BCUT2D eigenvalue weighted by Gasteiger charge is 2.16. The summed E-state index contributed by atoms with van der Waals surface area (Å²) in [6.07, 6.45) is 0. The lowest BCUT2D eigenvalue weighted by molar-refractivity contribution is -0.107. The summed E-state index contributed by atoms with van der Waals surface area (Å²) < 4.78 is 13.7. The fourth-order valence-corrected chi connectivity index (χ4v) is 2.88. The van der Waals surface area contributed by atoms with Gasteiger partial charge in [0.2, 0.25) is 5.12 Å². The lowest BCUT2D eigenvalue weighted by Crippen LogP contribution is -2.01. The van der Waals surface area contributed by atoms with Crippen molar-refractivity contribution < 1.29 is 24.2 Å². The first-order valence-electron chi connectivity index (χ1n) is 7.02. The summed E-state index contributed by atoms with van der Waals surface area (Å²) in [5, 5.41) is 18.4. The van der Waals surface area contributed by atoms with E-state index in [-0.39, 0.29) is 10.9 Å². The van der Waals surface area contributed by atoms with Crippen LogP contribution in [0, 0.1) is 5.82 Å². The molecule has 4 nitrogen and oxygen atoms in total. The Morgan fingerprint density at radius 1 is 1.04 bits per heavy atom. The zero-order chi connectivity index (χ0) is 17.9. The number of benzene rings is 2. The van der Waals surface area contributed by atoms with Gasteiger partial charge in [0.1, 0.15) is 11.6 Å². The molecule has 0 atom stereocenters. The van der Waals surface area contributed by atoms with Crippen LogP contribution in [-0.4, -0.2) is 21.3 Å². The van der Waals surface area contributed by atoms with Crippen LogP contribution in [0.15, 0.2) is 52.9 Å². The van der Waals surface area contributed by atoms with E-state index in [0.717, 1.165) is 23.9 Å². The molecule has 2 aromatic rings. The Labute approximate surface area is 142 Å². The summed E-state index contributed by atoms with van der Waals surface area (Å²) >= 11 is 0.804. The second-order valence-corrected chi connectivity index (χ2v) is 6.15. The Kier molecular flexibility index (Phi) is 5.41. The van der Waals surface area contributed by atoms with E-state index in [9.17, 15) is 19.1 Å². The smallest absolute Gasteiger partial charge is 0.338 e. The van der Waals surface area contributed by atoms with Crippen molar-refractivity contribution in [3.63, 3.8) is 0 Å². The van der Waals surface area contributed by atoms with Crippen molar-refractivity contribution >= 4 is 28.4 Å². The summed E-state index contributed by atoms with van der Waals surface area (Å²) in [4.78, 5) is 23.5. The van der Waals surface area contributed by atoms with Crippen molar-refractivity contribution in [3.8, 4) is 5.75 Å². The van der Waals surface area contributed by atoms with Crippen LogP contribution in [0.4, 0.5) is 4.39 Å². The number of hydrogen-bond acceptors (Lipinski definition) is 4. The number of phenols is 1. The molecule has 0 heterocycles. The molecule has 0 unspecified atom stereocenters. The Morgan fingerprint density at radius 2 is 1.71 bits per heavy atom. The number of thioether (sulfide) groups is 1. The quantitative estimate of drug-likeness (QED) is 0.636. The third-order valence-electron chi connectivity index (χ3n) is 3.56. The first-order valence-corrected chi connectivity index (χ1v) is 7.83. The standard InChI is InChI=1S/C18H15FO4S/c1-10(13-5-3-4-6-16(13)20)11(2)18(23)24-12-7-8-14(17(21)22)15(19)9-12/h3-9,20H,1-2H3,(H,21,22)/b11-10+. The third kappa shape index (κ3) is 3.83. The first kappa shape index (κ1) is 17.7. The van der Waals surface area contributed by atoms with E-state index in [0.29, 0.717) is 21.6 Å². The maximum atomic E-state index is 13.7. The third-order valence-corrected chi connectivity index (χ3v) is 4.54. The fraction of sp³-hybridized carbons (Fsp3) is 0.111. The molecule has 0 aliphatic heterocycles. The number of halogens is 1. The Morgan fingerprint density at radius 3 is 2.29 bits per heavy atom. The van der Waals surface area contributed by atoms with E-state index in [1.165, 1.54) is 12.1 Å². The van der Waals surface area contributed by atoms with Crippen LogP contribution in [0.3, 0.4) is 0 Å². The Balaban J connectivity index is 2.26. The summed E-state index contributed by atoms with van der Waals surface area (Å²) in [5.74, 6) is -2.18. The molecule has 0 spiro atoms. The number of carbonyl (C=O) groups is 2. The summed E-state index contributed by atoms with van der Waals surface area (Å²) in [6.45, 7) is 3.34. The number of phenolic OH excluding ortho intramolecular Hbond substituents is 1. The molecule has 0 amide bonds. The number of carboxylic acids is 1. The van der Waals surface area contributed by atoms with E-state index < -0.39 is 17.3 Å². The van der Waals surface area contributed by atoms with Crippen molar-refractivity contribution in [2.24, 2.45) is 0 Å². The molecule has 124 valence electrons. The molecule has 2 aromatic carbocycles. The van der Waals surface area contributed by atoms with Crippen LogP contribution in [0.2, 0.25) is 0 Å². The normalized spacial score (nSPS) is 11.8. The van der Waals surface area contributed by atoms with Gasteiger partial charge in [0.05, 0.1) is 5.56 Å². The molecule has 24 heavy (non-hydrogen) atoms. The summed E-state index contributed by atoms with van der Waals surface area (Å²) in [7, 11) is 0. The van der Waals surface area contributed by atoms with Crippen molar-refractivity contribution in [3.05, 3.63) is 65.0 Å². The van der Waals surface area contributed by atoms with Gasteiger partial charge in [-0.3, -0.25) is 4.79 Å². The van der Waals surface area contributed by atoms with Crippen LogP contribution in [0.5, 0.6) is 5.75 Å². The number of aromatic hydroxyl groups is 1. The lowest BCUT2D eigenvalue weighted by Gasteiger charge is -2.09.